The van der Waals surface area contributed by atoms with E-state index in [1.165, 1.54) is 0 Å². The van der Waals surface area contributed by atoms with Gasteiger partial charge in [-0.2, -0.15) is 0 Å². The second-order valence-corrected chi connectivity index (χ2v) is 7.32. The molecule has 4 heteroatoms. The lowest BCUT2D eigenvalue weighted by molar-refractivity contribution is 0.0790. The van der Waals surface area contributed by atoms with Gasteiger partial charge in [0.1, 0.15) is 0 Å². The number of aromatic nitrogens is 1. The number of fused-ring (bicyclic) bond motifs is 1. The Morgan fingerprint density at radius 3 is 2.48 bits per heavy atom. The van der Waals surface area contributed by atoms with Gasteiger partial charge >= 0.3 is 0 Å². The molecule has 0 aliphatic heterocycles. The molecular weight excluding hydrogens is 334 g/mol. The third kappa shape index (κ3) is 4.72. The average molecular weight is 361 g/mol. The van der Waals surface area contributed by atoms with Crippen LogP contribution in [0.3, 0.4) is 0 Å². The molecule has 0 aliphatic rings. The molecule has 140 valence electrons. The van der Waals surface area contributed by atoms with Crippen LogP contribution in [0.1, 0.15) is 22.5 Å². The van der Waals surface area contributed by atoms with E-state index in [4.69, 9.17) is 0 Å². The molecule has 1 heterocycles. The van der Waals surface area contributed by atoms with Gasteiger partial charge in [0.15, 0.2) is 0 Å². The number of amides is 1. The molecule has 27 heavy (non-hydrogen) atoms. The Morgan fingerprint density at radius 1 is 0.926 bits per heavy atom. The number of carbonyl (C=O) groups excluding carboxylic acids is 1. The first kappa shape index (κ1) is 19.1. The molecule has 0 unspecified atom stereocenters. The summed E-state index contributed by atoms with van der Waals surface area (Å²) >= 11 is 0. The van der Waals surface area contributed by atoms with Crippen LogP contribution in [0.25, 0.3) is 22.0 Å². The van der Waals surface area contributed by atoms with Crippen molar-refractivity contribution in [1.82, 2.24) is 14.8 Å². The molecule has 3 rings (SSSR count). The van der Waals surface area contributed by atoms with Crippen LogP contribution >= 0.6 is 0 Å². The minimum atomic E-state index is 0.0636. The molecule has 4 nitrogen and oxygen atoms in total. The summed E-state index contributed by atoms with van der Waals surface area (Å²) in [6, 6.07) is 18.2. The van der Waals surface area contributed by atoms with Crippen LogP contribution in [-0.2, 0) is 0 Å². The lowest BCUT2D eigenvalue weighted by Gasteiger charge is -2.19. The predicted molar refractivity (Wildman–Crippen MR) is 112 cm³/mol. The number of hydrogen-bond donors (Lipinski definition) is 0. The SMILES string of the molecule is Cc1ccc2cc(-c3cccc(C(=O)N(C)CCCN(C)C)c3)ccc2n1. The van der Waals surface area contributed by atoms with Crippen molar-refractivity contribution in [2.45, 2.75) is 13.3 Å². The fraction of sp³-hybridized carbons (Fsp3) is 0.304. The summed E-state index contributed by atoms with van der Waals surface area (Å²) in [5, 5.41) is 1.11. The minimum absolute atomic E-state index is 0.0636. The largest absolute Gasteiger partial charge is 0.342 e. The number of carbonyl (C=O) groups is 1. The van der Waals surface area contributed by atoms with Crippen molar-refractivity contribution in [3.8, 4) is 11.1 Å². The molecule has 1 amide bonds. The van der Waals surface area contributed by atoms with E-state index in [2.05, 4.69) is 28.1 Å². The molecule has 0 spiro atoms. The second kappa shape index (κ2) is 8.31. The van der Waals surface area contributed by atoms with E-state index >= 15 is 0 Å². The molecule has 0 fully saturated rings. The zero-order valence-corrected chi connectivity index (χ0v) is 16.6. The van der Waals surface area contributed by atoms with Crippen LogP contribution < -0.4 is 0 Å². The molecule has 3 aromatic rings. The van der Waals surface area contributed by atoms with E-state index in [1.54, 1.807) is 4.90 Å². The van der Waals surface area contributed by atoms with Crippen LogP contribution in [0.4, 0.5) is 0 Å². The van der Waals surface area contributed by atoms with Crippen molar-refractivity contribution >= 4 is 16.8 Å². The van der Waals surface area contributed by atoms with E-state index in [0.29, 0.717) is 0 Å². The van der Waals surface area contributed by atoms with Gasteiger partial charge in [0, 0.05) is 30.2 Å². The fourth-order valence-electron chi connectivity index (χ4n) is 3.18. The first-order chi connectivity index (χ1) is 12.9. The van der Waals surface area contributed by atoms with Crippen LogP contribution in [-0.4, -0.2) is 54.9 Å². The summed E-state index contributed by atoms with van der Waals surface area (Å²) in [4.78, 5) is 21.2. The number of pyridine rings is 1. The Morgan fingerprint density at radius 2 is 1.70 bits per heavy atom. The molecule has 2 aromatic carbocycles. The molecule has 0 saturated heterocycles. The van der Waals surface area contributed by atoms with E-state index < -0.39 is 0 Å². The maximum Gasteiger partial charge on any atom is 0.253 e. The highest BCUT2D eigenvalue weighted by Crippen LogP contribution is 2.25. The second-order valence-electron chi connectivity index (χ2n) is 7.32. The van der Waals surface area contributed by atoms with Crippen LogP contribution in [0.5, 0.6) is 0 Å². The van der Waals surface area contributed by atoms with Gasteiger partial charge in [-0.05, 0) is 75.4 Å². The minimum Gasteiger partial charge on any atom is -0.342 e. The first-order valence-corrected chi connectivity index (χ1v) is 9.32. The number of aryl methyl sites for hydroxylation is 1. The van der Waals surface area contributed by atoms with E-state index in [0.717, 1.165) is 52.8 Å². The van der Waals surface area contributed by atoms with Crippen molar-refractivity contribution < 1.29 is 4.79 Å². The highest BCUT2D eigenvalue weighted by atomic mass is 16.2. The Kier molecular flexibility index (Phi) is 5.87. The van der Waals surface area contributed by atoms with E-state index in [-0.39, 0.29) is 5.91 Å². The number of nitrogens with zero attached hydrogens (tertiary/aromatic N) is 3. The Labute approximate surface area is 161 Å². The van der Waals surface area contributed by atoms with E-state index in [9.17, 15) is 4.79 Å². The topological polar surface area (TPSA) is 36.4 Å². The lowest BCUT2D eigenvalue weighted by Crippen LogP contribution is -2.29. The Balaban J connectivity index is 1.80. The van der Waals surface area contributed by atoms with Gasteiger partial charge < -0.3 is 9.80 Å². The lowest BCUT2D eigenvalue weighted by atomic mass is 10.0. The molecule has 0 atom stereocenters. The summed E-state index contributed by atoms with van der Waals surface area (Å²) in [5.74, 6) is 0.0636. The maximum atomic E-state index is 12.8. The fourth-order valence-corrected chi connectivity index (χ4v) is 3.18. The summed E-state index contributed by atoms with van der Waals surface area (Å²) in [6.07, 6.45) is 0.964. The van der Waals surface area contributed by atoms with Crippen molar-refractivity contribution in [2.75, 3.05) is 34.2 Å². The summed E-state index contributed by atoms with van der Waals surface area (Å²) in [6.45, 7) is 3.72. The number of rotatable bonds is 6. The number of benzene rings is 2. The summed E-state index contributed by atoms with van der Waals surface area (Å²) < 4.78 is 0. The standard InChI is InChI=1S/C23H27N3O/c1-17-9-10-20-15-19(11-12-22(20)24-17)18-7-5-8-21(16-18)23(27)26(4)14-6-13-25(2)3/h5,7-12,15-16H,6,13-14H2,1-4H3. The third-order valence-corrected chi connectivity index (χ3v) is 4.72. The summed E-state index contributed by atoms with van der Waals surface area (Å²) in [7, 11) is 5.96. The van der Waals surface area contributed by atoms with Gasteiger partial charge in [0.05, 0.1) is 5.52 Å². The van der Waals surface area contributed by atoms with Crippen LogP contribution in [0, 0.1) is 6.92 Å². The smallest absolute Gasteiger partial charge is 0.253 e. The highest BCUT2D eigenvalue weighted by Gasteiger charge is 2.12. The summed E-state index contributed by atoms with van der Waals surface area (Å²) in [5.41, 5.74) is 4.87. The molecular formula is C23H27N3O. The van der Waals surface area contributed by atoms with Crippen molar-refractivity contribution in [1.29, 1.82) is 0 Å². The quantitative estimate of drug-likeness (QED) is 0.659. The van der Waals surface area contributed by atoms with Crippen molar-refractivity contribution in [3.63, 3.8) is 0 Å². The maximum absolute atomic E-state index is 12.8. The average Bonchev–Trinajstić information content (AvgIpc) is 2.66. The zero-order valence-electron chi connectivity index (χ0n) is 16.6. The molecule has 1 aromatic heterocycles. The van der Waals surface area contributed by atoms with E-state index in [1.807, 2.05) is 64.5 Å². The van der Waals surface area contributed by atoms with Gasteiger partial charge in [-0.3, -0.25) is 9.78 Å². The van der Waals surface area contributed by atoms with Gasteiger partial charge in [-0.25, -0.2) is 0 Å². The normalized spacial score (nSPS) is 11.1. The predicted octanol–water partition coefficient (Wildman–Crippen LogP) is 4.23. The van der Waals surface area contributed by atoms with Crippen molar-refractivity contribution in [3.05, 3.63) is 65.9 Å². The molecule has 0 radical (unpaired) electrons. The highest BCUT2D eigenvalue weighted by molar-refractivity contribution is 5.95. The molecule has 0 aliphatic carbocycles. The first-order valence-electron chi connectivity index (χ1n) is 9.32. The molecule has 0 bridgehead atoms. The van der Waals surface area contributed by atoms with Gasteiger partial charge in [-0.15, -0.1) is 0 Å². The Bertz CT molecular complexity index is 949. The van der Waals surface area contributed by atoms with Gasteiger partial charge in [-0.1, -0.05) is 24.3 Å². The van der Waals surface area contributed by atoms with Gasteiger partial charge in [0.25, 0.3) is 5.91 Å². The zero-order chi connectivity index (χ0) is 19.4. The van der Waals surface area contributed by atoms with Crippen LogP contribution in [0.15, 0.2) is 54.6 Å². The number of hydrogen-bond acceptors (Lipinski definition) is 3. The third-order valence-electron chi connectivity index (χ3n) is 4.72. The monoisotopic (exact) mass is 361 g/mol. The van der Waals surface area contributed by atoms with Gasteiger partial charge in [0.2, 0.25) is 0 Å². The van der Waals surface area contributed by atoms with Crippen molar-refractivity contribution in [2.24, 2.45) is 0 Å². The molecule has 0 saturated carbocycles. The Hall–Kier alpha value is -2.72. The molecule has 0 N–H and O–H groups in total. The van der Waals surface area contributed by atoms with Crippen LogP contribution in [0.2, 0.25) is 0 Å².